The zero-order chi connectivity index (χ0) is 31.4. The number of pyridine rings is 2. The van der Waals surface area contributed by atoms with E-state index in [4.69, 9.17) is 19.9 Å². The van der Waals surface area contributed by atoms with Crippen molar-refractivity contribution in [2.45, 2.75) is 39.5 Å². The lowest BCUT2D eigenvalue weighted by atomic mass is 10.2. The molecule has 0 saturated heterocycles. The summed E-state index contributed by atoms with van der Waals surface area (Å²) in [5, 5.41) is 3.50. The van der Waals surface area contributed by atoms with Gasteiger partial charge in [0, 0.05) is 17.6 Å². The molecular formula is C32H33ClN6O6. The molecule has 0 radical (unpaired) electrons. The zero-order valence-corrected chi connectivity index (χ0v) is 25.9. The van der Waals surface area contributed by atoms with E-state index >= 15 is 0 Å². The predicted molar refractivity (Wildman–Crippen MR) is 172 cm³/mol. The average Bonchev–Trinajstić information content (AvgIpc) is 3.26. The predicted octanol–water partition coefficient (Wildman–Crippen LogP) is 4.64. The van der Waals surface area contributed by atoms with E-state index in [-0.39, 0.29) is 30.3 Å². The Balaban J connectivity index is 0.00000461. The number of rotatable bonds is 10. The van der Waals surface area contributed by atoms with Crippen LogP contribution in [0.4, 0.5) is 5.82 Å². The Bertz CT molecular complexity index is 1870. The van der Waals surface area contributed by atoms with Crippen LogP contribution < -0.4 is 26.1 Å². The van der Waals surface area contributed by atoms with E-state index in [0.717, 1.165) is 5.39 Å². The van der Waals surface area contributed by atoms with Gasteiger partial charge >= 0.3 is 5.97 Å². The van der Waals surface area contributed by atoms with E-state index in [2.05, 4.69) is 15.3 Å². The first-order chi connectivity index (χ1) is 21.2. The van der Waals surface area contributed by atoms with Crippen molar-refractivity contribution in [2.75, 3.05) is 12.4 Å². The van der Waals surface area contributed by atoms with Crippen LogP contribution >= 0.6 is 12.4 Å². The van der Waals surface area contributed by atoms with Crippen molar-refractivity contribution in [1.29, 1.82) is 0 Å². The highest BCUT2D eigenvalue weighted by molar-refractivity contribution is 6.04. The van der Waals surface area contributed by atoms with Crippen molar-refractivity contribution in [3.05, 3.63) is 101 Å². The normalized spacial score (nSPS) is 12.1. The maximum Gasteiger partial charge on any atom is 0.322 e. The minimum atomic E-state index is -0.793. The molecule has 12 nitrogen and oxygen atoms in total. The molecule has 0 aliphatic rings. The third-order valence-corrected chi connectivity index (χ3v) is 6.86. The van der Waals surface area contributed by atoms with Gasteiger partial charge < -0.3 is 25.3 Å². The molecule has 234 valence electrons. The molecule has 45 heavy (non-hydrogen) atoms. The molecular weight excluding hydrogens is 600 g/mol. The molecule has 3 aromatic heterocycles. The largest absolute Gasteiger partial charge is 0.497 e. The van der Waals surface area contributed by atoms with Gasteiger partial charge in [0.2, 0.25) is 0 Å². The SMILES string of the molecule is COc1ccc2c(Oc3ccc(NC(=O)c4c(C)n(CC(C)OC(=O)C(C)N)n(-c5ccccc5)c4=O)nc3)ccnc2c1.Cl. The van der Waals surface area contributed by atoms with Crippen molar-refractivity contribution in [3.8, 4) is 22.9 Å². The van der Waals surface area contributed by atoms with Gasteiger partial charge in [-0.05, 0) is 63.2 Å². The fraction of sp³-hybridized carbons (Fsp3) is 0.219. The summed E-state index contributed by atoms with van der Waals surface area (Å²) in [4.78, 5) is 47.9. The van der Waals surface area contributed by atoms with Crippen LogP contribution in [0.15, 0.2) is 83.9 Å². The monoisotopic (exact) mass is 632 g/mol. The molecule has 2 unspecified atom stereocenters. The number of esters is 1. The number of ether oxygens (including phenoxy) is 3. The Morgan fingerprint density at radius 3 is 2.40 bits per heavy atom. The molecule has 0 spiro atoms. The number of methoxy groups -OCH3 is 1. The summed E-state index contributed by atoms with van der Waals surface area (Å²) in [5.74, 6) is 0.731. The van der Waals surface area contributed by atoms with Gasteiger partial charge in [-0.3, -0.25) is 24.0 Å². The van der Waals surface area contributed by atoms with E-state index in [1.807, 2.05) is 24.3 Å². The van der Waals surface area contributed by atoms with Gasteiger partial charge in [0.1, 0.15) is 40.8 Å². The third kappa shape index (κ3) is 7.14. The van der Waals surface area contributed by atoms with E-state index in [0.29, 0.717) is 34.1 Å². The fourth-order valence-corrected chi connectivity index (χ4v) is 4.68. The van der Waals surface area contributed by atoms with Gasteiger partial charge in [-0.2, -0.15) is 0 Å². The maximum atomic E-state index is 13.7. The molecule has 3 N–H and O–H groups in total. The first-order valence-corrected chi connectivity index (χ1v) is 13.9. The molecule has 1 amide bonds. The molecule has 0 saturated carbocycles. The van der Waals surface area contributed by atoms with Crippen LogP contribution in [0.25, 0.3) is 16.6 Å². The van der Waals surface area contributed by atoms with Crippen LogP contribution in [-0.2, 0) is 16.1 Å². The first kappa shape index (κ1) is 32.7. The Morgan fingerprint density at radius 1 is 1.00 bits per heavy atom. The number of aromatic nitrogens is 4. The minimum Gasteiger partial charge on any atom is -0.497 e. The summed E-state index contributed by atoms with van der Waals surface area (Å²) in [7, 11) is 1.59. The number of carbonyl (C=O) groups is 2. The lowest BCUT2D eigenvalue weighted by molar-refractivity contribution is -0.150. The van der Waals surface area contributed by atoms with E-state index in [9.17, 15) is 14.4 Å². The van der Waals surface area contributed by atoms with Crippen molar-refractivity contribution in [3.63, 3.8) is 0 Å². The molecule has 0 fully saturated rings. The molecule has 5 rings (SSSR count). The van der Waals surface area contributed by atoms with Gasteiger partial charge in [-0.15, -0.1) is 12.4 Å². The molecule has 0 bridgehead atoms. The Morgan fingerprint density at radius 2 is 1.73 bits per heavy atom. The Labute approximate surface area is 265 Å². The highest BCUT2D eigenvalue weighted by atomic mass is 35.5. The quantitative estimate of drug-likeness (QED) is 0.210. The van der Waals surface area contributed by atoms with Crippen LogP contribution in [0.2, 0.25) is 0 Å². The number of nitrogens with one attached hydrogen (secondary N) is 1. The van der Waals surface area contributed by atoms with Crippen molar-refractivity contribution in [1.82, 2.24) is 19.3 Å². The molecule has 5 aromatic rings. The molecule has 2 aromatic carbocycles. The Kier molecular flexibility index (Phi) is 10.2. The first-order valence-electron chi connectivity index (χ1n) is 13.9. The van der Waals surface area contributed by atoms with Crippen molar-refractivity contribution < 1.29 is 23.8 Å². The second-order valence-corrected chi connectivity index (χ2v) is 10.2. The number of benzene rings is 2. The number of amides is 1. The number of para-hydroxylation sites is 1. The van der Waals surface area contributed by atoms with Crippen molar-refractivity contribution >= 4 is 41.0 Å². The van der Waals surface area contributed by atoms with Crippen LogP contribution in [0, 0.1) is 6.92 Å². The standard InChI is InChI=1S/C32H32N6O6.ClH/c1-19(43-32(41)20(2)33)18-37-21(3)29(31(40)38(37)22-8-6-5-7-9-22)30(39)36-28-13-11-24(17-35-28)44-27-14-15-34-26-16-23(42-4)10-12-25(26)27;/h5-17,19-20H,18,33H2,1-4H3,(H,35,36,39);1H. The lowest BCUT2D eigenvalue weighted by Gasteiger charge is -2.19. The fourth-order valence-electron chi connectivity index (χ4n) is 4.68. The molecule has 13 heteroatoms. The number of hydrogen-bond donors (Lipinski definition) is 2. The average molecular weight is 633 g/mol. The minimum absolute atomic E-state index is 0. The maximum absolute atomic E-state index is 13.7. The number of nitrogens with zero attached hydrogens (tertiary/aromatic N) is 4. The summed E-state index contributed by atoms with van der Waals surface area (Å²) in [6.07, 6.45) is 2.48. The van der Waals surface area contributed by atoms with Crippen LogP contribution in [0.1, 0.15) is 29.9 Å². The second kappa shape index (κ2) is 14.1. The number of hydrogen-bond acceptors (Lipinski definition) is 9. The van der Waals surface area contributed by atoms with Gasteiger partial charge in [0.25, 0.3) is 11.5 Å². The zero-order valence-electron chi connectivity index (χ0n) is 25.1. The summed E-state index contributed by atoms with van der Waals surface area (Å²) in [5.41, 5.74) is 6.69. The lowest BCUT2D eigenvalue weighted by Crippen LogP contribution is -2.34. The van der Waals surface area contributed by atoms with Crippen LogP contribution in [0.5, 0.6) is 17.2 Å². The molecule has 2 atom stereocenters. The number of anilines is 1. The van der Waals surface area contributed by atoms with Crippen LogP contribution in [0.3, 0.4) is 0 Å². The second-order valence-electron chi connectivity index (χ2n) is 10.2. The summed E-state index contributed by atoms with van der Waals surface area (Å²) >= 11 is 0. The smallest absolute Gasteiger partial charge is 0.322 e. The van der Waals surface area contributed by atoms with E-state index < -0.39 is 29.6 Å². The summed E-state index contributed by atoms with van der Waals surface area (Å²) in [6, 6.07) is 18.6. The molecule has 3 heterocycles. The van der Waals surface area contributed by atoms with E-state index in [1.165, 1.54) is 17.8 Å². The summed E-state index contributed by atoms with van der Waals surface area (Å²) < 4.78 is 19.7. The van der Waals surface area contributed by atoms with E-state index in [1.54, 1.807) is 74.3 Å². The number of halogens is 1. The molecule has 0 aliphatic carbocycles. The molecule has 0 aliphatic heterocycles. The number of fused-ring (bicyclic) bond motifs is 1. The van der Waals surface area contributed by atoms with Crippen molar-refractivity contribution in [2.24, 2.45) is 5.73 Å². The number of nitrogens with two attached hydrogens (primary N) is 1. The highest BCUT2D eigenvalue weighted by Gasteiger charge is 2.26. The third-order valence-electron chi connectivity index (χ3n) is 6.86. The highest BCUT2D eigenvalue weighted by Crippen LogP contribution is 2.30. The Hall–Kier alpha value is -5.20. The summed E-state index contributed by atoms with van der Waals surface area (Å²) in [6.45, 7) is 5.00. The van der Waals surface area contributed by atoms with Gasteiger partial charge in [0.05, 0.1) is 36.7 Å². The van der Waals surface area contributed by atoms with Gasteiger partial charge in [0.15, 0.2) is 0 Å². The topological polar surface area (TPSA) is 153 Å². The van der Waals surface area contributed by atoms with Gasteiger partial charge in [-0.1, -0.05) is 18.2 Å². The van der Waals surface area contributed by atoms with Gasteiger partial charge in [-0.25, -0.2) is 9.67 Å². The van der Waals surface area contributed by atoms with Crippen LogP contribution in [-0.4, -0.2) is 50.5 Å². The number of carbonyl (C=O) groups excluding carboxylic acids is 2.